The number of ether oxygens (including phenoxy) is 1. The van der Waals surface area contributed by atoms with Crippen LogP contribution in [0.5, 0.6) is 0 Å². The summed E-state index contributed by atoms with van der Waals surface area (Å²) in [6.45, 7) is 5.80. The van der Waals surface area contributed by atoms with Gasteiger partial charge >= 0.3 is 5.97 Å². The van der Waals surface area contributed by atoms with Crippen molar-refractivity contribution < 1.29 is 9.53 Å². The molecular formula is C17H25NO2. The van der Waals surface area contributed by atoms with Crippen molar-refractivity contribution in [3.05, 3.63) is 30.3 Å². The van der Waals surface area contributed by atoms with E-state index in [1.54, 1.807) is 0 Å². The first kappa shape index (κ1) is 16.4. The van der Waals surface area contributed by atoms with Crippen LogP contribution < -0.4 is 0 Å². The lowest BCUT2D eigenvalue weighted by Crippen LogP contribution is -2.20. The molecule has 110 valence electrons. The number of aliphatic imine (C=N–C) groups is 1. The highest BCUT2D eigenvalue weighted by atomic mass is 16.5. The van der Waals surface area contributed by atoms with E-state index in [0.29, 0.717) is 0 Å². The van der Waals surface area contributed by atoms with Gasteiger partial charge in [0.25, 0.3) is 0 Å². The Balaban J connectivity index is 2.28. The molecule has 0 N–H and O–H groups in total. The third-order valence-electron chi connectivity index (χ3n) is 3.06. The molecule has 0 aliphatic carbocycles. The van der Waals surface area contributed by atoms with Crippen LogP contribution in [0.3, 0.4) is 0 Å². The highest BCUT2D eigenvalue weighted by Gasteiger charge is 2.18. The van der Waals surface area contributed by atoms with E-state index in [0.717, 1.165) is 31.4 Å². The Morgan fingerprint density at radius 2 is 2.00 bits per heavy atom. The molecular weight excluding hydrogens is 250 g/mol. The summed E-state index contributed by atoms with van der Waals surface area (Å²) in [6.07, 6.45) is 5.44. The first-order chi connectivity index (χ1) is 9.63. The zero-order chi connectivity index (χ0) is 14.8. The van der Waals surface area contributed by atoms with Crippen LogP contribution in [0, 0.1) is 5.92 Å². The van der Waals surface area contributed by atoms with Crippen LogP contribution in [0.25, 0.3) is 0 Å². The van der Waals surface area contributed by atoms with E-state index < -0.39 is 0 Å². The van der Waals surface area contributed by atoms with Crippen molar-refractivity contribution >= 4 is 17.9 Å². The summed E-state index contributed by atoms with van der Waals surface area (Å²) in [7, 11) is 0. The number of unbranched alkanes of at least 4 members (excludes halogenated alkanes) is 1. The van der Waals surface area contributed by atoms with Crippen molar-refractivity contribution in [1.82, 2.24) is 0 Å². The number of esters is 1. The highest BCUT2D eigenvalue weighted by Crippen LogP contribution is 2.15. The van der Waals surface area contributed by atoms with Crippen LogP contribution in [0.4, 0.5) is 5.69 Å². The molecule has 20 heavy (non-hydrogen) atoms. The normalized spacial score (nSPS) is 12.8. The molecule has 1 rings (SSSR count). The Labute approximate surface area is 122 Å². The van der Waals surface area contributed by atoms with Gasteiger partial charge in [0.1, 0.15) is 0 Å². The lowest BCUT2D eigenvalue weighted by atomic mass is 9.99. The van der Waals surface area contributed by atoms with E-state index in [4.69, 9.17) is 4.74 Å². The highest BCUT2D eigenvalue weighted by molar-refractivity contribution is 5.72. The van der Waals surface area contributed by atoms with Gasteiger partial charge < -0.3 is 4.74 Å². The van der Waals surface area contributed by atoms with Crippen LogP contribution in [-0.4, -0.2) is 18.3 Å². The van der Waals surface area contributed by atoms with Crippen molar-refractivity contribution in [2.24, 2.45) is 10.9 Å². The molecule has 0 spiro atoms. The smallest absolute Gasteiger partial charge is 0.309 e. The fraction of sp³-hybridized carbons (Fsp3) is 0.529. The Morgan fingerprint density at radius 3 is 2.60 bits per heavy atom. The quantitative estimate of drug-likeness (QED) is 0.397. The number of hydrogen-bond donors (Lipinski definition) is 0. The summed E-state index contributed by atoms with van der Waals surface area (Å²) in [5.74, 6) is -0.0509. The Hall–Kier alpha value is -1.64. The van der Waals surface area contributed by atoms with Gasteiger partial charge in [0.05, 0.1) is 17.7 Å². The summed E-state index contributed by atoms with van der Waals surface area (Å²) in [5, 5.41) is 0. The van der Waals surface area contributed by atoms with Gasteiger partial charge in [0.2, 0.25) is 0 Å². The average Bonchev–Trinajstić information content (AvgIpc) is 2.43. The van der Waals surface area contributed by atoms with Gasteiger partial charge in [-0.1, -0.05) is 25.1 Å². The number of carbonyl (C=O) groups excluding carboxylic acids is 1. The van der Waals surface area contributed by atoms with Crippen LogP contribution in [0.2, 0.25) is 0 Å². The van der Waals surface area contributed by atoms with Gasteiger partial charge in [-0.3, -0.25) is 9.79 Å². The van der Waals surface area contributed by atoms with Crippen LogP contribution in [-0.2, 0) is 9.53 Å². The second-order valence-electron chi connectivity index (χ2n) is 5.17. The molecule has 1 unspecified atom stereocenters. The molecule has 0 aliphatic rings. The summed E-state index contributed by atoms with van der Waals surface area (Å²) < 4.78 is 5.26. The maximum Gasteiger partial charge on any atom is 0.309 e. The fourth-order valence-corrected chi connectivity index (χ4v) is 1.96. The number of hydrogen-bond acceptors (Lipinski definition) is 3. The molecule has 1 aromatic carbocycles. The van der Waals surface area contributed by atoms with Gasteiger partial charge in [0.15, 0.2) is 0 Å². The molecule has 3 heteroatoms. The molecule has 0 amide bonds. The number of benzene rings is 1. The number of nitrogens with zero attached hydrogens (tertiary/aromatic N) is 1. The van der Waals surface area contributed by atoms with Crippen molar-refractivity contribution in [3.8, 4) is 0 Å². The summed E-state index contributed by atoms with van der Waals surface area (Å²) in [5.41, 5.74) is 0.971. The minimum absolute atomic E-state index is 0.0162. The van der Waals surface area contributed by atoms with Gasteiger partial charge in [-0.15, -0.1) is 0 Å². The van der Waals surface area contributed by atoms with E-state index in [1.807, 2.05) is 57.3 Å². The summed E-state index contributed by atoms with van der Waals surface area (Å²) in [6, 6.07) is 9.88. The Bertz CT molecular complexity index is 412. The lowest BCUT2D eigenvalue weighted by Gasteiger charge is -2.15. The average molecular weight is 275 g/mol. The van der Waals surface area contributed by atoms with Gasteiger partial charge in [-0.05, 0) is 51.7 Å². The third kappa shape index (κ3) is 6.50. The molecule has 1 atom stereocenters. The lowest BCUT2D eigenvalue weighted by molar-refractivity contribution is -0.152. The predicted molar refractivity (Wildman–Crippen MR) is 83.5 cm³/mol. The first-order valence-corrected chi connectivity index (χ1v) is 7.41. The minimum atomic E-state index is -0.0671. The number of rotatable bonds is 8. The molecule has 0 fully saturated rings. The topological polar surface area (TPSA) is 38.7 Å². The molecule has 1 aromatic rings. The Kier molecular flexibility index (Phi) is 7.63. The van der Waals surface area contributed by atoms with Crippen LogP contribution in [0.15, 0.2) is 35.3 Å². The van der Waals surface area contributed by atoms with E-state index >= 15 is 0 Å². The Morgan fingerprint density at radius 1 is 1.30 bits per heavy atom. The molecule has 0 aromatic heterocycles. The van der Waals surface area contributed by atoms with Crippen molar-refractivity contribution in [2.75, 3.05) is 0 Å². The van der Waals surface area contributed by atoms with E-state index in [-0.39, 0.29) is 18.0 Å². The first-order valence-electron chi connectivity index (χ1n) is 7.41. The summed E-state index contributed by atoms with van der Waals surface area (Å²) in [4.78, 5) is 16.2. The minimum Gasteiger partial charge on any atom is -0.463 e. The van der Waals surface area contributed by atoms with Gasteiger partial charge in [-0.2, -0.15) is 0 Å². The maximum absolute atomic E-state index is 11.8. The SMILES string of the molecule is CCC(CCCC=Nc1ccccc1)C(=O)OC(C)C. The van der Waals surface area contributed by atoms with Crippen LogP contribution >= 0.6 is 0 Å². The number of carbonyl (C=O) groups is 1. The predicted octanol–water partition coefficient (Wildman–Crippen LogP) is 4.54. The van der Waals surface area contributed by atoms with E-state index in [1.165, 1.54) is 0 Å². The summed E-state index contributed by atoms with van der Waals surface area (Å²) >= 11 is 0. The molecule has 0 aliphatic heterocycles. The number of para-hydroxylation sites is 1. The van der Waals surface area contributed by atoms with Gasteiger partial charge in [-0.25, -0.2) is 0 Å². The third-order valence-corrected chi connectivity index (χ3v) is 3.06. The monoisotopic (exact) mass is 275 g/mol. The molecule has 0 saturated carbocycles. The maximum atomic E-state index is 11.8. The molecule has 0 bridgehead atoms. The van der Waals surface area contributed by atoms with Crippen LogP contribution in [0.1, 0.15) is 46.5 Å². The van der Waals surface area contributed by atoms with Crippen molar-refractivity contribution in [2.45, 2.75) is 52.6 Å². The molecule has 0 radical (unpaired) electrons. The zero-order valence-corrected chi connectivity index (χ0v) is 12.7. The molecule has 0 heterocycles. The van der Waals surface area contributed by atoms with Crippen molar-refractivity contribution in [1.29, 1.82) is 0 Å². The zero-order valence-electron chi connectivity index (χ0n) is 12.7. The van der Waals surface area contributed by atoms with Gasteiger partial charge in [0, 0.05) is 6.21 Å². The second-order valence-corrected chi connectivity index (χ2v) is 5.17. The second kappa shape index (κ2) is 9.29. The fourth-order valence-electron chi connectivity index (χ4n) is 1.96. The van der Waals surface area contributed by atoms with E-state index in [9.17, 15) is 4.79 Å². The standard InChI is InChI=1S/C17H25NO2/c1-4-15(17(19)20-14(2)3)10-8-9-13-18-16-11-6-5-7-12-16/h5-7,11-15H,4,8-10H2,1-3H3. The molecule has 0 saturated heterocycles. The molecule has 3 nitrogen and oxygen atoms in total. The largest absolute Gasteiger partial charge is 0.463 e. The van der Waals surface area contributed by atoms with Crippen molar-refractivity contribution in [3.63, 3.8) is 0 Å². The van der Waals surface area contributed by atoms with E-state index in [2.05, 4.69) is 4.99 Å².